The van der Waals surface area contributed by atoms with Crippen LogP contribution in [0.25, 0.3) is 0 Å². The fourth-order valence-corrected chi connectivity index (χ4v) is 4.05. The molecule has 1 aromatic heterocycles. The van der Waals surface area contributed by atoms with Gasteiger partial charge in [0, 0.05) is 17.1 Å². The number of nitrogens with one attached hydrogen (secondary N) is 2. The van der Waals surface area contributed by atoms with Crippen LogP contribution in [0, 0.1) is 0 Å². The molecule has 0 radical (unpaired) electrons. The van der Waals surface area contributed by atoms with Crippen LogP contribution in [0.3, 0.4) is 0 Å². The van der Waals surface area contributed by atoms with Crippen LogP contribution in [0.4, 0.5) is 10.5 Å². The van der Waals surface area contributed by atoms with Crippen molar-refractivity contribution in [1.29, 1.82) is 0 Å². The van der Waals surface area contributed by atoms with E-state index in [2.05, 4.69) is 21.6 Å². The van der Waals surface area contributed by atoms with Gasteiger partial charge in [0.15, 0.2) is 0 Å². The summed E-state index contributed by atoms with van der Waals surface area (Å²) in [5.74, 6) is 0.827. The van der Waals surface area contributed by atoms with Crippen molar-refractivity contribution in [3.05, 3.63) is 82.0 Å². The molecule has 0 aliphatic rings. The van der Waals surface area contributed by atoms with E-state index in [-0.39, 0.29) is 12.1 Å². The number of carbonyl (C=O) groups excluding carboxylic acids is 1. The smallest absolute Gasteiger partial charge is 0.319 e. The molecule has 1 unspecified atom stereocenters. The van der Waals surface area contributed by atoms with Crippen LogP contribution in [0.5, 0.6) is 5.75 Å². The second-order valence-electron chi connectivity index (χ2n) is 7.37. The number of nitrogens with zero attached hydrogens (tertiary/aromatic N) is 1. The van der Waals surface area contributed by atoms with E-state index in [4.69, 9.17) is 9.47 Å². The van der Waals surface area contributed by atoms with Crippen molar-refractivity contribution in [3.8, 4) is 5.75 Å². The van der Waals surface area contributed by atoms with Gasteiger partial charge in [0.25, 0.3) is 0 Å². The van der Waals surface area contributed by atoms with Crippen LogP contribution in [0.1, 0.15) is 22.0 Å². The fourth-order valence-electron chi connectivity index (χ4n) is 3.13. The lowest BCUT2D eigenvalue weighted by Gasteiger charge is -2.23. The number of methoxy groups -OCH3 is 1. The van der Waals surface area contributed by atoms with E-state index in [0.29, 0.717) is 19.8 Å². The zero-order chi connectivity index (χ0) is 22.1. The molecule has 7 heteroatoms. The molecule has 0 saturated carbocycles. The van der Waals surface area contributed by atoms with E-state index < -0.39 is 0 Å². The predicted molar refractivity (Wildman–Crippen MR) is 126 cm³/mol. The number of likely N-dealkylation sites (N-methyl/N-ethyl adjacent to an activating group) is 1. The average molecular weight is 440 g/mol. The van der Waals surface area contributed by atoms with Gasteiger partial charge in [0.05, 0.1) is 26.4 Å². The molecule has 164 valence electrons. The third-order valence-corrected chi connectivity index (χ3v) is 5.81. The highest BCUT2D eigenvalue weighted by Crippen LogP contribution is 2.22. The summed E-state index contributed by atoms with van der Waals surface area (Å²) in [5, 5.41) is 7.93. The lowest BCUT2D eigenvalue weighted by atomic mass is 10.2. The SMILES string of the molecule is COc1ccc(COCc2cccc(NC(=O)NCC(c3cccs3)N(C)C)c2)cc1. The molecule has 2 amide bonds. The third kappa shape index (κ3) is 7.10. The van der Waals surface area contributed by atoms with E-state index in [1.54, 1.807) is 18.4 Å². The first-order chi connectivity index (χ1) is 15.0. The van der Waals surface area contributed by atoms with Crippen molar-refractivity contribution in [3.63, 3.8) is 0 Å². The van der Waals surface area contributed by atoms with E-state index in [0.717, 1.165) is 22.6 Å². The highest BCUT2D eigenvalue weighted by molar-refractivity contribution is 7.10. The van der Waals surface area contributed by atoms with Crippen molar-refractivity contribution < 1.29 is 14.3 Å². The van der Waals surface area contributed by atoms with Crippen LogP contribution in [0.2, 0.25) is 0 Å². The first-order valence-electron chi connectivity index (χ1n) is 10.1. The Labute approximate surface area is 187 Å². The van der Waals surface area contributed by atoms with E-state index in [9.17, 15) is 4.79 Å². The topological polar surface area (TPSA) is 62.8 Å². The number of urea groups is 1. The number of ether oxygens (including phenoxy) is 2. The lowest BCUT2D eigenvalue weighted by Crippen LogP contribution is -2.36. The van der Waals surface area contributed by atoms with Crippen molar-refractivity contribution in [1.82, 2.24) is 10.2 Å². The lowest BCUT2D eigenvalue weighted by molar-refractivity contribution is 0.107. The molecule has 2 aromatic carbocycles. The zero-order valence-corrected chi connectivity index (χ0v) is 18.9. The number of thiophene rings is 1. The normalized spacial score (nSPS) is 11.9. The minimum absolute atomic E-state index is 0.142. The van der Waals surface area contributed by atoms with Crippen LogP contribution in [0.15, 0.2) is 66.0 Å². The summed E-state index contributed by atoms with van der Waals surface area (Å²) in [6.07, 6.45) is 0. The van der Waals surface area contributed by atoms with Gasteiger partial charge in [-0.1, -0.05) is 30.3 Å². The summed E-state index contributed by atoms with van der Waals surface area (Å²) in [7, 11) is 5.68. The van der Waals surface area contributed by atoms with E-state index >= 15 is 0 Å². The average Bonchev–Trinajstić information content (AvgIpc) is 3.29. The Morgan fingerprint density at radius 2 is 1.81 bits per heavy atom. The Hall–Kier alpha value is -2.87. The predicted octanol–water partition coefficient (Wildman–Crippen LogP) is 4.90. The molecule has 3 rings (SSSR count). The number of hydrogen-bond donors (Lipinski definition) is 2. The summed E-state index contributed by atoms with van der Waals surface area (Å²) >= 11 is 1.69. The van der Waals surface area contributed by atoms with Gasteiger partial charge in [-0.3, -0.25) is 0 Å². The molecular weight excluding hydrogens is 410 g/mol. The largest absolute Gasteiger partial charge is 0.497 e. The Bertz CT molecular complexity index is 943. The third-order valence-electron chi connectivity index (χ3n) is 4.83. The Morgan fingerprint density at radius 3 is 2.48 bits per heavy atom. The van der Waals surface area contributed by atoms with Gasteiger partial charge in [0.2, 0.25) is 0 Å². The molecule has 0 saturated heterocycles. The first kappa shape index (κ1) is 22.8. The number of carbonyl (C=O) groups is 1. The van der Waals surface area contributed by atoms with Gasteiger partial charge in [-0.25, -0.2) is 4.79 Å². The van der Waals surface area contributed by atoms with E-state index in [1.165, 1.54) is 4.88 Å². The Balaban J connectivity index is 1.47. The molecule has 1 atom stereocenters. The first-order valence-corrected chi connectivity index (χ1v) is 11.0. The molecule has 1 heterocycles. The summed E-state index contributed by atoms with van der Waals surface area (Å²) < 4.78 is 11.0. The van der Waals surface area contributed by atoms with Crippen molar-refractivity contribution in [2.24, 2.45) is 0 Å². The number of hydrogen-bond acceptors (Lipinski definition) is 5. The standard InChI is InChI=1S/C24H29N3O3S/c1-27(2)22(23-8-5-13-31-23)15-25-24(28)26-20-7-4-6-19(14-20)17-30-16-18-9-11-21(29-3)12-10-18/h4-14,22H,15-17H2,1-3H3,(H2,25,26,28). The fraction of sp³-hybridized carbons (Fsp3) is 0.292. The molecule has 0 aliphatic carbocycles. The number of benzene rings is 2. The minimum atomic E-state index is -0.222. The highest BCUT2D eigenvalue weighted by Gasteiger charge is 2.16. The van der Waals surface area contributed by atoms with Gasteiger partial charge in [0.1, 0.15) is 5.75 Å². The Kier molecular flexibility index (Phi) is 8.46. The summed E-state index contributed by atoms with van der Waals surface area (Å²) in [4.78, 5) is 15.7. The monoisotopic (exact) mass is 439 g/mol. The van der Waals surface area contributed by atoms with Crippen LogP contribution >= 0.6 is 11.3 Å². The second-order valence-corrected chi connectivity index (χ2v) is 8.35. The van der Waals surface area contributed by atoms with Crippen LogP contribution < -0.4 is 15.4 Å². The van der Waals surface area contributed by atoms with Crippen molar-refractivity contribution in [2.45, 2.75) is 19.3 Å². The molecule has 3 aromatic rings. The summed E-state index contributed by atoms with van der Waals surface area (Å²) in [5.41, 5.74) is 2.81. The highest BCUT2D eigenvalue weighted by atomic mass is 32.1. The molecule has 2 N–H and O–H groups in total. The van der Waals surface area contributed by atoms with Gasteiger partial charge in [-0.05, 0) is 60.9 Å². The zero-order valence-electron chi connectivity index (χ0n) is 18.1. The maximum absolute atomic E-state index is 12.4. The molecule has 0 fully saturated rings. The quantitative estimate of drug-likeness (QED) is 0.472. The Morgan fingerprint density at radius 1 is 1.03 bits per heavy atom. The maximum Gasteiger partial charge on any atom is 0.319 e. The van der Waals surface area contributed by atoms with Crippen LogP contribution in [-0.2, 0) is 18.0 Å². The molecule has 0 bridgehead atoms. The van der Waals surface area contributed by atoms with Gasteiger partial charge < -0.3 is 25.0 Å². The van der Waals surface area contributed by atoms with Gasteiger partial charge >= 0.3 is 6.03 Å². The summed E-state index contributed by atoms with van der Waals surface area (Å²) in [6, 6.07) is 19.5. The summed E-state index contributed by atoms with van der Waals surface area (Å²) in [6.45, 7) is 1.50. The molecule has 0 aliphatic heterocycles. The second kappa shape index (κ2) is 11.5. The van der Waals surface area contributed by atoms with Gasteiger partial charge in [-0.15, -0.1) is 11.3 Å². The molecule has 0 spiro atoms. The van der Waals surface area contributed by atoms with Gasteiger partial charge in [-0.2, -0.15) is 0 Å². The molecular formula is C24H29N3O3S. The van der Waals surface area contributed by atoms with Crippen LogP contribution in [-0.4, -0.2) is 38.7 Å². The van der Waals surface area contributed by atoms with Crippen molar-refractivity contribution >= 4 is 23.1 Å². The number of anilines is 1. The molecule has 31 heavy (non-hydrogen) atoms. The minimum Gasteiger partial charge on any atom is -0.497 e. The van der Waals surface area contributed by atoms with E-state index in [1.807, 2.05) is 74.1 Å². The maximum atomic E-state index is 12.4. The van der Waals surface area contributed by atoms with Crippen molar-refractivity contribution in [2.75, 3.05) is 33.1 Å². The number of rotatable bonds is 10. The number of amides is 2. The molecule has 6 nitrogen and oxygen atoms in total.